The van der Waals surface area contributed by atoms with Crippen LogP contribution in [0.4, 0.5) is 5.69 Å². The van der Waals surface area contributed by atoms with E-state index in [1.165, 1.54) is 0 Å². The second-order valence-corrected chi connectivity index (χ2v) is 4.06. The van der Waals surface area contributed by atoms with Crippen molar-refractivity contribution in [3.8, 4) is 11.5 Å². The molecule has 19 heavy (non-hydrogen) atoms. The summed E-state index contributed by atoms with van der Waals surface area (Å²) in [5.41, 5.74) is 12.3. The number of carboxylic acids is 1. The van der Waals surface area contributed by atoms with Crippen LogP contribution in [0.2, 0.25) is 0 Å². The first-order valence-corrected chi connectivity index (χ1v) is 5.68. The van der Waals surface area contributed by atoms with E-state index in [1.807, 2.05) is 0 Å². The van der Waals surface area contributed by atoms with Gasteiger partial charge in [-0.25, -0.2) is 0 Å². The van der Waals surface area contributed by atoms with E-state index in [-0.39, 0.29) is 0 Å². The van der Waals surface area contributed by atoms with Gasteiger partial charge in [0.05, 0.1) is 0 Å². The van der Waals surface area contributed by atoms with Crippen molar-refractivity contribution >= 4 is 11.7 Å². The van der Waals surface area contributed by atoms with E-state index in [2.05, 4.69) is 0 Å². The summed E-state index contributed by atoms with van der Waals surface area (Å²) in [4.78, 5) is 10.8. The zero-order valence-corrected chi connectivity index (χ0v) is 10.1. The molecule has 0 aliphatic rings. The molecule has 0 saturated heterocycles. The topological polar surface area (TPSA) is 98.6 Å². The Morgan fingerprint density at radius 2 is 1.79 bits per heavy atom. The molecule has 0 amide bonds. The lowest BCUT2D eigenvalue weighted by Gasteiger charge is -2.10. The van der Waals surface area contributed by atoms with Crippen LogP contribution in [0.25, 0.3) is 0 Å². The van der Waals surface area contributed by atoms with Gasteiger partial charge in [0.25, 0.3) is 0 Å². The number of nitrogen functional groups attached to an aromatic ring is 1. The zero-order chi connectivity index (χ0) is 13.8. The van der Waals surface area contributed by atoms with Crippen LogP contribution in [-0.2, 0) is 4.79 Å². The number of hydrogen-bond acceptors (Lipinski definition) is 4. The standard InChI is InChI=1S/C14H14N2O3/c15-10-4-6-11(7-5-10)19-12-3-1-2-9(8-12)13(16)14(17)18/h1-8,13H,15-16H2,(H,17,18). The van der Waals surface area contributed by atoms with Gasteiger partial charge in [-0.15, -0.1) is 0 Å². The number of carboxylic acid groups (broad SMARTS) is 1. The first kappa shape index (κ1) is 12.9. The normalized spacial score (nSPS) is 11.8. The van der Waals surface area contributed by atoms with Crippen molar-refractivity contribution in [2.24, 2.45) is 5.73 Å². The summed E-state index contributed by atoms with van der Waals surface area (Å²) in [7, 11) is 0. The number of nitrogens with two attached hydrogens (primary N) is 2. The molecule has 0 spiro atoms. The SMILES string of the molecule is Nc1ccc(Oc2cccc(C(N)C(=O)O)c2)cc1. The molecule has 2 aromatic carbocycles. The number of rotatable bonds is 4. The Bertz CT molecular complexity index is 581. The number of anilines is 1. The van der Waals surface area contributed by atoms with E-state index in [1.54, 1.807) is 48.5 Å². The molecule has 1 unspecified atom stereocenters. The molecule has 0 saturated carbocycles. The van der Waals surface area contributed by atoms with E-state index < -0.39 is 12.0 Å². The Morgan fingerprint density at radius 3 is 2.42 bits per heavy atom. The van der Waals surface area contributed by atoms with Gasteiger partial charge in [0.1, 0.15) is 17.5 Å². The molecular formula is C14H14N2O3. The van der Waals surface area contributed by atoms with Crippen LogP contribution in [-0.4, -0.2) is 11.1 Å². The van der Waals surface area contributed by atoms with Gasteiger partial charge in [0, 0.05) is 5.69 Å². The summed E-state index contributed by atoms with van der Waals surface area (Å²) in [5, 5.41) is 8.87. The van der Waals surface area contributed by atoms with Crippen LogP contribution in [0.3, 0.4) is 0 Å². The molecule has 5 heteroatoms. The third kappa shape index (κ3) is 3.23. The van der Waals surface area contributed by atoms with Gasteiger partial charge >= 0.3 is 5.97 Å². The Kier molecular flexibility index (Phi) is 3.68. The van der Waals surface area contributed by atoms with Crippen molar-refractivity contribution in [3.05, 3.63) is 54.1 Å². The Balaban J connectivity index is 2.19. The highest BCUT2D eigenvalue weighted by atomic mass is 16.5. The minimum Gasteiger partial charge on any atom is -0.480 e. The second kappa shape index (κ2) is 5.41. The van der Waals surface area contributed by atoms with Crippen LogP contribution in [0, 0.1) is 0 Å². The molecule has 0 aliphatic heterocycles. The van der Waals surface area contributed by atoms with E-state index in [4.69, 9.17) is 21.3 Å². The average molecular weight is 258 g/mol. The van der Waals surface area contributed by atoms with Crippen molar-refractivity contribution < 1.29 is 14.6 Å². The van der Waals surface area contributed by atoms with Crippen LogP contribution >= 0.6 is 0 Å². The Hall–Kier alpha value is -2.53. The Labute approximate surface area is 110 Å². The third-order valence-electron chi connectivity index (χ3n) is 2.60. The number of carbonyl (C=O) groups is 1. The van der Waals surface area contributed by atoms with Crippen molar-refractivity contribution in [3.63, 3.8) is 0 Å². The van der Waals surface area contributed by atoms with Gasteiger partial charge in [0.15, 0.2) is 0 Å². The lowest BCUT2D eigenvalue weighted by atomic mass is 10.1. The maximum atomic E-state index is 10.8. The highest BCUT2D eigenvalue weighted by Gasteiger charge is 2.14. The van der Waals surface area contributed by atoms with Gasteiger partial charge in [-0.3, -0.25) is 4.79 Å². The molecule has 0 fully saturated rings. The minimum atomic E-state index is -1.08. The van der Waals surface area contributed by atoms with E-state index >= 15 is 0 Å². The highest BCUT2D eigenvalue weighted by Crippen LogP contribution is 2.24. The summed E-state index contributed by atoms with van der Waals surface area (Å²) >= 11 is 0. The molecule has 0 aliphatic carbocycles. The molecule has 1 atom stereocenters. The first-order valence-electron chi connectivity index (χ1n) is 5.68. The maximum Gasteiger partial charge on any atom is 0.325 e. The number of hydrogen-bond donors (Lipinski definition) is 3. The largest absolute Gasteiger partial charge is 0.480 e. The molecule has 0 aromatic heterocycles. The molecule has 5 nitrogen and oxygen atoms in total. The minimum absolute atomic E-state index is 0.487. The summed E-state index contributed by atoms with van der Waals surface area (Å²) in [6.07, 6.45) is 0. The molecule has 98 valence electrons. The van der Waals surface area contributed by atoms with Gasteiger partial charge in [-0.2, -0.15) is 0 Å². The predicted octanol–water partition coefficient (Wildman–Crippen LogP) is 2.15. The van der Waals surface area contributed by atoms with Crippen molar-refractivity contribution in [1.82, 2.24) is 0 Å². The molecule has 0 heterocycles. The van der Waals surface area contributed by atoms with Crippen LogP contribution in [0.1, 0.15) is 11.6 Å². The fourth-order valence-corrected chi connectivity index (χ4v) is 1.59. The van der Waals surface area contributed by atoms with E-state index in [0.717, 1.165) is 0 Å². The second-order valence-electron chi connectivity index (χ2n) is 4.06. The van der Waals surface area contributed by atoms with Crippen molar-refractivity contribution in [2.45, 2.75) is 6.04 Å². The van der Waals surface area contributed by atoms with Gasteiger partial charge in [-0.1, -0.05) is 12.1 Å². The molecular weight excluding hydrogens is 244 g/mol. The average Bonchev–Trinajstić information content (AvgIpc) is 2.41. The zero-order valence-electron chi connectivity index (χ0n) is 10.1. The quantitative estimate of drug-likeness (QED) is 0.730. The van der Waals surface area contributed by atoms with E-state index in [9.17, 15) is 4.79 Å². The highest BCUT2D eigenvalue weighted by molar-refractivity contribution is 5.75. The van der Waals surface area contributed by atoms with Crippen LogP contribution in [0.5, 0.6) is 11.5 Å². The summed E-state index contributed by atoms with van der Waals surface area (Å²) < 4.78 is 5.60. The fourth-order valence-electron chi connectivity index (χ4n) is 1.59. The number of aliphatic carboxylic acids is 1. The monoisotopic (exact) mass is 258 g/mol. The van der Waals surface area contributed by atoms with Crippen molar-refractivity contribution in [2.75, 3.05) is 5.73 Å². The maximum absolute atomic E-state index is 10.8. The smallest absolute Gasteiger partial charge is 0.325 e. The molecule has 2 aromatic rings. The summed E-state index contributed by atoms with van der Waals surface area (Å²) in [5.74, 6) is 0.0684. The first-order chi connectivity index (χ1) is 9.06. The van der Waals surface area contributed by atoms with Gasteiger partial charge in [0.2, 0.25) is 0 Å². The summed E-state index contributed by atoms with van der Waals surface area (Å²) in [6.45, 7) is 0. The fraction of sp³-hybridized carbons (Fsp3) is 0.0714. The van der Waals surface area contributed by atoms with Crippen LogP contribution in [0.15, 0.2) is 48.5 Å². The van der Waals surface area contributed by atoms with E-state index in [0.29, 0.717) is 22.7 Å². The molecule has 5 N–H and O–H groups in total. The lowest BCUT2D eigenvalue weighted by molar-refractivity contribution is -0.138. The third-order valence-corrected chi connectivity index (χ3v) is 2.60. The molecule has 2 rings (SSSR count). The summed E-state index contributed by atoms with van der Waals surface area (Å²) in [6, 6.07) is 12.5. The molecule has 0 bridgehead atoms. The van der Waals surface area contributed by atoms with Crippen molar-refractivity contribution in [1.29, 1.82) is 0 Å². The lowest BCUT2D eigenvalue weighted by Crippen LogP contribution is -2.20. The van der Waals surface area contributed by atoms with Crippen LogP contribution < -0.4 is 16.2 Å². The van der Waals surface area contributed by atoms with Gasteiger partial charge < -0.3 is 21.3 Å². The predicted molar refractivity (Wildman–Crippen MR) is 71.9 cm³/mol. The van der Waals surface area contributed by atoms with Gasteiger partial charge in [-0.05, 0) is 42.0 Å². The number of ether oxygens (including phenoxy) is 1. The number of benzene rings is 2. The molecule has 0 radical (unpaired) electrons. The Morgan fingerprint density at radius 1 is 1.11 bits per heavy atom.